The van der Waals surface area contributed by atoms with Gasteiger partial charge in [0, 0.05) is 24.2 Å². The van der Waals surface area contributed by atoms with E-state index in [1.807, 2.05) is 13.8 Å². The SMILES string of the molecule is CC.CO[N+](=O)c1cccc2ccn(CC(NS(C)(=O)=O)C(F)(F)F)c12. The summed E-state index contributed by atoms with van der Waals surface area (Å²) in [7, 11) is -2.95. The molecule has 1 heterocycles. The normalized spacial score (nSPS) is 13.0. The van der Waals surface area contributed by atoms with Crippen LogP contribution in [0.3, 0.4) is 0 Å². The van der Waals surface area contributed by atoms with Crippen LogP contribution in [0.4, 0.5) is 18.9 Å². The molecule has 0 radical (unpaired) electrons. The molecule has 0 saturated carbocycles. The number of alkyl halides is 3. The maximum atomic E-state index is 13.1. The first-order valence-corrected chi connectivity index (χ1v) is 9.55. The van der Waals surface area contributed by atoms with Crippen LogP contribution in [0.2, 0.25) is 0 Å². The fourth-order valence-corrected chi connectivity index (χ4v) is 3.03. The Hall–Kier alpha value is -2.14. The third-order valence-corrected chi connectivity index (χ3v) is 3.97. The highest BCUT2D eigenvalue weighted by molar-refractivity contribution is 7.88. The smallest absolute Gasteiger partial charge is 0.340 e. The van der Waals surface area contributed by atoms with Crippen LogP contribution in [-0.2, 0) is 21.4 Å². The highest BCUT2D eigenvalue weighted by atomic mass is 32.2. The molecule has 2 rings (SSSR count). The van der Waals surface area contributed by atoms with Gasteiger partial charge in [-0.25, -0.2) is 18.0 Å². The van der Waals surface area contributed by atoms with E-state index in [-0.39, 0.29) is 16.1 Å². The molecule has 1 N–H and O–H groups in total. The van der Waals surface area contributed by atoms with Crippen LogP contribution in [0, 0.1) is 4.91 Å². The Kier molecular flexibility index (Phi) is 7.16. The molecule has 0 spiro atoms. The summed E-state index contributed by atoms with van der Waals surface area (Å²) in [6.07, 6.45) is -2.80. The number of aromatic nitrogens is 1. The van der Waals surface area contributed by atoms with Crippen molar-refractivity contribution in [2.45, 2.75) is 32.6 Å². The van der Waals surface area contributed by atoms with E-state index in [0.717, 1.165) is 11.7 Å². The van der Waals surface area contributed by atoms with Crippen molar-refractivity contribution in [3.8, 4) is 0 Å². The molecule has 1 unspecified atom stereocenters. The van der Waals surface area contributed by atoms with Gasteiger partial charge in [-0.3, -0.25) is 0 Å². The number of rotatable bonds is 6. The van der Waals surface area contributed by atoms with Crippen molar-refractivity contribution in [1.82, 2.24) is 9.29 Å². The van der Waals surface area contributed by atoms with Crippen LogP contribution in [0.5, 0.6) is 0 Å². The number of fused-ring (bicyclic) bond motifs is 1. The van der Waals surface area contributed by atoms with Crippen molar-refractivity contribution < 1.29 is 31.3 Å². The summed E-state index contributed by atoms with van der Waals surface area (Å²) in [4.78, 5) is 16.5. The summed E-state index contributed by atoms with van der Waals surface area (Å²) < 4.78 is 64.5. The molecule has 11 heteroatoms. The van der Waals surface area contributed by atoms with Gasteiger partial charge in [0.2, 0.25) is 10.0 Å². The van der Waals surface area contributed by atoms with Gasteiger partial charge >= 0.3 is 11.9 Å². The first-order chi connectivity index (χ1) is 12.0. The average molecular weight is 396 g/mol. The van der Waals surface area contributed by atoms with E-state index >= 15 is 0 Å². The minimum atomic E-state index is -4.80. The average Bonchev–Trinajstić information content (AvgIpc) is 2.96. The van der Waals surface area contributed by atoms with Gasteiger partial charge in [0.1, 0.15) is 11.6 Å². The first-order valence-electron chi connectivity index (χ1n) is 7.66. The van der Waals surface area contributed by atoms with Gasteiger partial charge in [0.15, 0.2) is 7.11 Å². The second kappa shape index (κ2) is 8.49. The van der Waals surface area contributed by atoms with Crippen LogP contribution >= 0.6 is 0 Å². The van der Waals surface area contributed by atoms with E-state index < -0.39 is 28.8 Å². The van der Waals surface area contributed by atoms with Crippen molar-refractivity contribution >= 4 is 26.6 Å². The number of hydrogen-bond acceptors (Lipinski definition) is 4. The molecule has 2 aromatic rings. The molecule has 0 saturated heterocycles. The lowest BCUT2D eigenvalue weighted by Gasteiger charge is -2.21. The van der Waals surface area contributed by atoms with Crippen molar-refractivity contribution in [3.05, 3.63) is 35.4 Å². The van der Waals surface area contributed by atoms with Gasteiger partial charge in [0.05, 0.1) is 11.2 Å². The summed E-state index contributed by atoms with van der Waals surface area (Å²) >= 11 is 0. The molecule has 0 aliphatic heterocycles. The Balaban J connectivity index is 0.00000163. The van der Waals surface area contributed by atoms with Gasteiger partial charge in [-0.2, -0.15) is 13.2 Å². The maximum Gasteiger partial charge on any atom is 0.406 e. The van der Waals surface area contributed by atoms with Crippen LogP contribution < -0.4 is 4.72 Å². The highest BCUT2D eigenvalue weighted by Gasteiger charge is 2.42. The van der Waals surface area contributed by atoms with E-state index in [0.29, 0.717) is 11.6 Å². The molecule has 0 amide bonds. The zero-order chi connectivity index (χ0) is 20.1. The zero-order valence-electron chi connectivity index (χ0n) is 14.7. The zero-order valence-corrected chi connectivity index (χ0v) is 15.6. The standard InChI is InChI=1S/C13H15F3N3O4S.C2H6/c1-23-19(20)10-5-3-4-9-6-7-18(12(9)10)8-11(13(14,15)16)17-24(2,21)22;1-2/h3-7,11,17H,8H2,1-2H3;1-2H3/q+1;. The van der Waals surface area contributed by atoms with Crippen LogP contribution in [0.15, 0.2) is 30.5 Å². The van der Waals surface area contributed by atoms with Gasteiger partial charge in [-0.15, -0.1) is 0 Å². The monoisotopic (exact) mass is 396 g/mol. The molecule has 0 bridgehead atoms. The third-order valence-electron chi connectivity index (χ3n) is 3.26. The summed E-state index contributed by atoms with van der Waals surface area (Å²) in [6, 6.07) is 3.75. The quantitative estimate of drug-likeness (QED) is 0.761. The number of halogens is 3. The predicted octanol–water partition coefficient (Wildman–Crippen LogP) is 3.12. The Morgan fingerprint density at radius 3 is 2.38 bits per heavy atom. The van der Waals surface area contributed by atoms with E-state index in [9.17, 15) is 26.5 Å². The van der Waals surface area contributed by atoms with Gasteiger partial charge in [-0.1, -0.05) is 26.0 Å². The summed E-state index contributed by atoms with van der Waals surface area (Å²) in [5.74, 6) is 0. The van der Waals surface area contributed by atoms with E-state index in [2.05, 4.69) is 4.84 Å². The molecule has 7 nitrogen and oxygen atoms in total. The lowest BCUT2D eigenvalue weighted by Crippen LogP contribution is -2.47. The lowest BCUT2D eigenvalue weighted by molar-refractivity contribution is -0.735. The number of benzene rings is 1. The summed E-state index contributed by atoms with van der Waals surface area (Å²) in [6.45, 7) is 3.27. The molecule has 0 aliphatic carbocycles. The number of nitrogens with one attached hydrogen (secondary N) is 1. The molecule has 26 heavy (non-hydrogen) atoms. The van der Waals surface area contributed by atoms with Crippen molar-refractivity contribution in [2.24, 2.45) is 0 Å². The Bertz CT molecular complexity index is 863. The molecule has 0 fully saturated rings. The topological polar surface area (TPSA) is 80.4 Å². The highest BCUT2D eigenvalue weighted by Crippen LogP contribution is 2.29. The summed E-state index contributed by atoms with van der Waals surface area (Å²) in [5.41, 5.74) is 0.221. The number of nitrogens with zero attached hydrogens (tertiary/aromatic N) is 2. The number of para-hydroxylation sites is 1. The first kappa shape index (κ1) is 21.9. The largest absolute Gasteiger partial charge is 0.406 e. The van der Waals surface area contributed by atoms with Crippen molar-refractivity contribution in [2.75, 3.05) is 13.4 Å². The molecular formula is C15H21F3N3O4S+. The van der Waals surface area contributed by atoms with Crippen molar-refractivity contribution in [3.63, 3.8) is 0 Å². The molecule has 1 atom stereocenters. The van der Waals surface area contributed by atoms with Gasteiger partial charge < -0.3 is 4.57 Å². The number of hydrogen-bond donors (Lipinski definition) is 1. The molecule has 1 aromatic carbocycles. The fourth-order valence-electron chi connectivity index (χ4n) is 2.30. The molecular weight excluding hydrogens is 375 g/mol. The lowest BCUT2D eigenvalue weighted by atomic mass is 10.2. The minimum absolute atomic E-state index is 0.0141. The van der Waals surface area contributed by atoms with Crippen LogP contribution in [0.25, 0.3) is 10.9 Å². The van der Waals surface area contributed by atoms with Crippen LogP contribution in [0.1, 0.15) is 13.8 Å². The third kappa shape index (κ3) is 5.43. The Morgan fingerprint density at radius 1 is 1.27 bits per heavy atom. The van der Waals surface area contributed by atoms with E-state index in [4.69, 9.17) is 0 Å². The van der Waals surface area contributed by atoms with Crippen LogP contribution in [-0.4, -0.2) is 43.5 Å². The van der Waals surface area contributed by atoms with E-state index in [1.165, 1.54) is 18.3 Å². The Morgan fingerprint density at radius 2 is 1.88 bits per heavy atom. The fraction of sp³-hybridized carbons (Fsp3) is 0.467. The van der Waals surface area contributed by atoms with Gasteiger partial charge in [-0.05, 0) is 6.07 Å². The summed E-state index contributed by atoms with van der Waals surface area (Å²) in [5, 5.41) is 0.519. The Labute approximate surface area is 149 Å². The van der Waals surface area contributed by atoms with Crippen molar-refractivity contribution in [1.29, 1.82) is 0 Å². The second-order valence-corrected chi connectivity index (χ2v) is 6.89. The maximum absolute atomic E-state index is 13.1. The number of sulfonamides is 1. The molecule has 1 aromatic heterocycles. The predicted molar refractivity (Wildman–Crippen MR) is 91.4 cm³/mol. The second-order valence-electron chi connectivity index (χ2n) is 5.11. The molecule has 0 aliphatic rings. The minimum Gasteiger partial charge on any atom is -0.340 e. The molecule has 146 valence electrons. The van der Waals surface area contributed by atoms with Gasteiger partial charge in [0.25, 0.3) is 4.92 Å². The van der Waals surface area contributed by atoms with E-state index in [1.54, 1.807) is 16.9 Å².